The van der Waals surface area contributed by atoms with Gasteiger partial charge in [0.2, 0.25) is 0 Å². The van der Waals surface area contributed by atoms with Crippen molar-refractivity contribution in [2.45, 2.75) is 6.92 Å². The van der Waals surface area contributed by atoms with E-state index in [9.17, 15) is 4.79 Å². The minimum Gasteiger partial charge on any atom is -0.478 e. The largest absolute Gasteiger partial charge is 0.478 e. The zero-order valence-electron chi connectivity index (χ0n) is 7.06. The first-order valence-corrected chi connectivity index (χ1v) is 3.85. The number of imidazole rings is 1. The number of nitrogens with zero attached hydrogens (tertiary/aromatic N) is 2. The van der Waals surface area contributed by atoms with E-state index < -0.39 is 5.97 Å². The van der Waals surface area contributed by atoms with Crippen LogP contribution in [0.5, 0.6) is 0 Å². The standard InChI is InChI=1S/C9H8N2O2/c1-6-5-11-3-2-7(9(12)13)4-8(11)10-6/h2-5H,1H3,(H,12,13). The first-order valence-electron chi connectivity index (χ1n) is 3.85. The molecule has 0 aliphatic rings. The molecule has 2 aromatic heterocycles. The summed E-state index contributed by atoms with van der Waals surface area (Å²) < 4.78 is 1.79. The summed E-state index contributed by atoms with van der Waals surface area (Å²) in [7, 11) is 0. The first kappa shape index (κ1) is 7.79. The highest BCUT2D eigenvalue weighted by atomic mass is 16.4. The van der Waals surface area contributed by atoms with Crippen LogP contribution in [-0.2, 0) is 0 Å². The van der Waals surface area contributed by atoms with Crippen molar-refractivity contribution in [2.24, 2.45) is 0 Å². The lowest BCUT2D eigenvalue weighted by atomic mass is 10.3. The Morgan fingerprint density at radius 3 is 3.08 bits per heavy atom. The fraction of sp³-hybridized carbons (Fsp3) is 0.111. The second kappa shape index (κ2) is 2.58. The summed E-state index contributed by atoms with van der Waals surface area (Å²) in [6, 6.07) is 3.10. The van der Waals surface area contributed by atoms with Gasteiger partial charge in [0.1, 0.15) is 5.65 Å². The van der Waals surface area contributed by atoms with Gasteiger partial charge in [0.05, 0.1) is 11.3 Å². The Balaban J connectivity index is 2.67. The molecule has 4 heteroatoms. The van der Waals surface area contributed by atoms with Crippen LogP contribution in [-0.4, -0.2) is 20.5 Å². The van der Waals surface area contributed by atoms with Crippen LogP contribution in [0.2, 0.25) is 0 Å². The number of pyridine rings is 1. The summed E-state index contributed by atoms with van der Waals surface area (Å²) in [6.07, 6.45) is 3.54. The summed E-state index contributed by atoms with van der Waals surface area (Å²) in [6.45, 7) is 1.87. The van der Waals surface area contributed by atoms with E-state index in [0.29, 0.717) is 5.65 Å². The molecule has 0 atom stereocenters. The van der Waals surface area contributed by atoms with Gasteiger partial charge in [-0.15, -0.1) is 0 Å². The van der Waals surface area contributed by atoms with Crippen molar-refractivity contribution in [3.63, 3.8) is 0 Å². The Hall–Kier alpha value is -1.84. The predicted octanol–water partition coefficient (Wildman–Crippen LogP) is 1.34. The second-order valence-electron chi connectivity index (χ2n) is 2.87. The summed E-state index contributed by atoms with van der Waals surface area (Å²) in [5.74, 6) is -0.928. The molecule has 2 aromatic rings. The molecule has 0 fully saturated rings. The smallest absolute Gasteiger partial charge is 0.335 e. The maximum atomic E-state index is 10.6. The van der Waals surface area contributed by atoms with Crippen LogP contribution in [0.1, 0.15) is 16.1 Å². The topological polar surface area (TPSA) is 54.6 Å². The third kappa shape index (κ3) is 1.26. The highest BCUT2D eigenvalue weighted by Crippen LogP contribution is 2.07. The number of carbonyl (C=O) groups is 1. The highest BCUT2D eigenvalue weighted by Gasteiger charge is 2.04. The molecule has 0 bridgehead atoms. The second-order valence-corrected chi connectivity index (χ2v) is 2.87. The molecule has 0 aliphatic heterocycles. The SMILES string of the molecule is Cc1cn2ccc(C(=O)O)cc2n1. The molecular weight excluding hydrogens is 168 g/mol. The lowest BCUT2D eigenvalue weighted by Gasteiger charge is -1.94. The van der Waals surface area contributed by atoms with Crippen molar-refractivity contribution in [3.05, 3.63) is 35.8 Å². The van der Waals surface area contributed by atoms with Crippen molar-refractivity contribution in [1.29, 1.82) is 0 Å². The van der Waals surface area contributed by atoms with Crippen molar-refractivity contribution < 1.29 is 9.90 Å². The van der Waals surface area contributed by atoms with Gasteiger partial charge in [-0.1, -0.05) is 0 Å². The molecule has 13 heavy (non-hydrogen) atoms. The molecule has 4 nitrogen and oxygen atoms in total. The maximum absolute atomic E-state index is 10.6. The molecular formula is C9H8N2O2. The van der Waals surface area contributed by atoms with Gasteiger partial charge >= 0.3 is 5.97 Å². The van der Waals surface area contributed by atoms with Crippen LogP contribution in [0.4, 0.5) is 0 Å². The Morgan fingerprint density at radius 1 is 1.62 bits per heavy atom. The minimum atomic E-state index is -0.928. The fourth-order valence-electron chi connectivity index (χ4n) is 1.24. The van der Waals surface area contributed by atoms with Gasteiger partial charge in [-0.05, 0) is 19.1 Å². The zero-order chi connectivity index (χ0) is 9.42. The van der Waals surface area contributed by atoms with Crippen molar-refractivity contribution in [3.8, 4) is 0 Å². The number of aromatic nitrogens is 2. The molecule has 0 saturated heterocycles. The average Bonchev–Trinajstić information content (AvgIpc) is 2.42. The number of hydrogen-bond donors (Lipinski definition) is 1. The van der Waals surface area contributed by atoms with Gasteiger partial charge in [0.25, 0.3) is 0 Å². The van der Waals surface area contributed by atoms with Crippen LogP contribution >= 0.6 is 0 Å². The van der Waals surface area contributed by atoms with E-state index in [1.807, 2.05) is 13.1 Å². The van der Waals surface area contributed by atoms with Crippen molar-refractivity contribution in [2.75, 3.05) is 0 Å². The van der Waals surface area contributed by atoms with E-state index in [4.69, 9.17) is 5.11 Å². The number of aryl methyl sites for hydroxylation is 1. The lowest BCUT2D eigenvalue weighted by molar-refractivity contribution is 0.0697. The molecule has 0 radical (unpaired) electrons. The molecule has 2 rings (SSSR count). The van der Waals surface area contributed by atoms with Crippen molar-refractivity contribution in [1.82, 2.24) is 9.38 Å². The van der Waals surface area contributed by atoms with Crippen molar-refractivity contribution >= 4 is 11.6 Å². The van der Waals surface area contributed by atoms with Gasteiger partial charge in [0, 0.05) is 12.4 Å². The maximum Gasteiger partial charge on any atom is 0.335 e. The van der Waals surface area contributed by atoms with E-state index in [2.05, 4.69) is 4.98 Å². The van der Waals surface area contributed by atoms with E-state index in [0.717, 1.165) is 5.69 Å². The monoisotopic (exact) mass is 176 g/mol. The molecule has 0 saturated carbocycles. The van der Waals surface area contributed by atoms with Gasteiger partial charge in [-0.3, -0.25) is 0 Å². The predicted molar refractivity (Wildman–Crippen MR) is 46.9 cm³/mol. The van der Waals surface area contributed by atoms with Gasteiger partial charge < -0.3 is 9.51 Å². The van der Waals surface area contributed by atoms with E-state index in [-0.39, 0.29) is 5.56 Å². The summed E-state index contributed by atoms with van der Waals surface area (Å²) in [5.41, 5.74) is 1.80. The number of aromatic carboxylic acids is 1. The number of hydrogen-bond acceptors (Lipinski definition) is 2. The first-order chi connectivity index (χ1) is 6.16. The molecule has 0 amide bonds. The van der Waals surface area contributed by atoms with E-state index in [1.165, 1.54) is 0 Å². The summed E-state index contributed by atoms with van der Waals surface area (Å²) in [5, 5.41) is 8.71. The van der Waals surface area contributed by atoms with Crippen LogP contribution in [0.25, 0.3) is 5.65 Å². The number of fused-ring (bicyclic) bond motifs is 1. The molecule has 0 spiro atoms. The minimum absolute atomic E-state index is 0.262. The van der Waals surface area contributed by atoms with E-state index >= 15 is 0 Å². The third-order valence-electron chi connectivity index (χ3n) is 1.83. The third-order valence-corrected chi connectivity index (χ3v) is 1.83. The Labute approximate surface area is 74.5 Å². The quantitative estimate of drug-likeness (QED) is 0.713. The molecule has 1 N–H and O–H groups in total. The van der Waals surface area contributed by atoms with Crippen LogP contribution in [0, 0.1) is 6.92 Å². The summed E-state index contributed by atoms with van der Waals surface area (Å²) in [4.78, 5) is 14.8. The Bertz CT molecular complexity index is 473. The Kier molecular flexibility index (Phi) is 1.55. The highest BCUT2D eigenvalue weighted by molar-refractivity contribution is 5.88. The lowest BCUT2D eigenvalue weighted by Crippen LogP contribution is -1.96. The van der Waals surface area contributed by atoms with Gasteiger partial charge in [-0.25, -0.2) is 9.78 Å². The van der Waals surface area contributed by atoms with Gasteiger partial charge in [0.15, 0.2) is 0 Å². The molecule has 0 unspecified atom stereocenters. The molecule has 0 aliphatic carbocycles. The van der Waals surface area contributed by atoms with Gasteiger partial charge in [-0.2, -0.15) is 0 Å². The number of carboxylic acid groups (broad SMARTS) is 1. The zero-order valence-corrected chi connectivity index (χ0v) is 7.06. The van der Waals surface area contributed by atoms with Crippen LogP contribution in [0.3, 0.4) is 0 Å². The van der Waals surface area contributed by atoms with Crippen LogP contribution in [0.15, 0.2) is 24.5 Å². The molecule has 2 heterocycles. The number of rotatable bonds is 1. The molecule has 0 aromatic carbocycles. The fourth-order valence-corrected chi connectivity index (χ4v) is 1.24. The van der Waals surface area contributed by atoms with Crippen LogP contribution < -0.4 is 0 Å². The average molecular weight is 176 g/mol. The summed E-state index contributed by atoms with van der Waals surface area (Å²) >= 11 is 0. The number of carboxylic acids is 1. The molecule has 66 valence electrons. The van der Waals surface area contributed by atoms with E-state index in [1.54, 1.807) is 22.7 Å². The normalized spacial score (nSPS) is 10.5. The Morgan fingerprint density at radius 2 is 2.38 bits per heavy atom.